The summed E-state index contributed by atoms with van der Waals surface area (Å²) in [4.78, 5) is 24.5. The molecule has 1 aliphatic rings. The molecule has 0 bridgehead atoms. The average molecular weight is 217 g/mol. The molecule has 0 fully saturated rings. The Morgan fingerprint density at radius 2 is 1.75 bits per heavy atom. The molecule has 1 aliphatic heterocycles. The summed E-state index contributed by atoms with van der Waals surface area (Å²) in [6.45, 7) is 6.31. The normalized spacial score (nSPS) is 15.6. The summed E-state index contributed by atoms with van der Waals surface area (Å²) in [5.41, 5.74) is 2.38. The topological polar surface area (TPSA) is 37.4 Å². The van der Waals surface area contributed by atoms with E-state index in [9.17, 15) is 9.59 Å². The molecule has 0 unspecified atom stereocenters. The standard InChI is InChI=1S/C13H15NO2/c1-13(2,3)8-5-6-9-10(7-8)14(4)12(16)11(9)15/h5-7H,1-4H3. The Balaban J connectivity index is 2.58. The molecular formula is C13H15NO2. The molecule has 1 heterocycles. The highest BCUT2D eigenvalue weighted by Crippen LogP contribution is 2.32. The number of hydrogen-bond acceptors (Lipinski definition) is 2. The summed E-state index contributed by atoms with van der Waals surface area (Å²) >= 11 is 0. The van der Waals surface area contributed by atoms with Gasteiger partial charge in [0.15, 0.2) is 0 Å². The smallest absolute Gasteiger partial charge is 0.299 e. The third-order valence-electron chi connectivity index (χ3n) is 2.97. The first-order chi connectivity index (χ1) is 7.32. The maximum atomic E-state index is 11.6. The minimum atomic E-state index is -0.443. The second-order valence-electron chi connectivity index (χ2n) is 5.18. The highest BCUT2D eigenvalue weighted by atomic mass is 16.2. The number of likely N-dealkylation sites (N-methyl/N-ethyl adjacent to an activating group) is 1. The van der Waals surface area contributed by atoms with Crippen molar-refractivity contribution in [2.75, 3.05) is 11.9 Å². The molecule has 84 valence electrons. The summed E-state index contributed by atoms with van der Waals surface area (Å²) in [6.07, 6.45) is 0. The summed E-state index contributed by atoms with van der Waals surface area (Å²) < 4.78 is 0. The lowest BCUT2D eigenvalue weighted by Crippen LogP contribution is -2.24. The van der Waals surface area contributed by atoms with Gasteiger partial charge < -0.3 is 4.90 Å². The van der Waals surface area contributed by atoms with E-state index in [0.717, 1.165) is 11.3 Å². The molecule has 0 aromatic heterocycles. The molecular weight excluding hydrogens is 202 g/mol. The van der Waals surface area contributed by atoms with E-state index < -0.39 is 11.7 Å². The quantitative estimate of drug-likeness (QED) is 0.624. The molecule has 2 rings (SSSR count). The van der Waals surface area contributed by atoms with Crippen molar-refractivity contribution in [3.05, 3.63) is 29.3 Å². The Morgan fingerprint density at radius 1 is 1.12 bits per heavy atom. The first kappa shape index (κ1) is 10.9. The Morgan fingerprint density at radius 3 is 2.31 bits per heavy atom. The minimum Gasteiger partial charge on any atom is -0.308 e. The zero-order valence-corrected chi connectivity index (χ0v) is 10.00. The van der Waals surface area contributed by atoms with E-state index >= 15 is 0 Å². The summed E-state index contributed by atoms with van der Waals surface area (Å²) in [5, 5.41) is 0. The van der Waals surface area contributed by atoms with Gasteiger partial charge in [0, 0.05) is 7.05 Å². The van der Waals surface area contributed by atoms with Crippen LogP contribution in [0.2, 0.25) is 0 Å². The number of anilines is 1. The van der Waals surface area contributed by atoms with Crippen LogP contribution < -0.4 is 4.90 Å². The van der Waals surface area contributed by atoms with Crippen molar-refractivity contribution in [2.45, 2.75) is 26.2 Å². The van der Waals surface area contributed by atoms with E-state index in [1.807, 2.05) is 12.1 Å². The summed E-state index contributed by atoms with van der Waals surface area (Å²) in [6, 6.07) is 5.60. The highest BCUT2D eigenvalue weighted by molar-refractivity contribution is 6.52. The number of ketones is 1. The number of carbonyl (C=O) groups is 2. The van der Waals surface area contributed by atoms with Crippen molar-refractivity contribution in [3.8, 4) is 0 Å². The molecule has 1 aromatic carbocycles. The largest absolute Gasteiger partial charge is 0.308 e. The summed E-state index contributed by atoms with van der Waals surface area (Å²) in [5.74, 6) is -0.848. The number of nitrogens with zero attached hydrogens (tertiary/aromatic N) is 1. The molecule has 0 N–H and O–H groups in total. The number of hydrogen-bond donors (Lipinski definition) is 0. The summed E-state index contributed by atoms with van der Waals surface area (Å²) in [7, 11) is 1.64. The van der Waals surface area contributed by atoms with Crippen LogP contribution in [0, 0.1) is 0 Å². The van der Waals surface area contributed by atoms with Gasteiger partial charge >= 0.3 is 0 Å². The minimum absolute atomic E-state index is 0.0184. The highest BCUT2D eigenvalue weighted by Gasteiger charge is 2.33. The van der Waals surface area contributed by atoms with E-state index in [2.05, 4.69) is 20.8 Å². The molecule has 0 radical (unpaired) electrons. The van der Waals surface area contributed by atoms with Crippen LogP contribution in [0.25, 0.3) is 0 Å². The first-order valence-electron chi connectivity index (χ1n) is 5.29. The van der Waals surface area contributed by atoms with Crippen LogP contribution in [0.4, 0.5) is 5.69 Å². The van der Waals surface area contributed by atoms with E-state index in [-0.39, 0.29) is 5.41 Å². The van der Waals surface area contributed by atoms with Gasteiger partial charge in [-0.1, -0.05) is 26.8 Å². The van der Waals surface area contributed by atoms with Crippen LogP contribution in [0.1, 0.15) is 36.7 Å². The maximum Gasteiger partial charge on any atom is 0.299 e. The fourth-order valence-electron chi connectivity index (χ4n) is 1.84. The van der Waals surface area contributed by atoms with Crippen LogP contribution in [-0.2, 0) is 10.2 Å². The fourth-order valence-corrected chi connectivity index (χ4v) is 1.84. The van der Waals surface area contributed by atoms with Crippen molar-refractivity contribution in [3.63, 3.8) is 0 Å². The van der Waals surface area contributed by atoms with Crippen LogP contribution >= 0.6 is 0 Å². The number of rotatable bonds is 0. The zero-order valence-electron chi connectivity index (χ0n) is 10.00. The molecule has 3 heteroatoms. The molecule has 0 saturated carbocycles. The lowest BCUT2D eigenvalue weighted by molar-refractivity contribution is -0.114. The number of benzene rings is 1. The van der Waals surface area contributed by atoms with Crippen molar-refractivity contribution >= 4 is 17.4 Å². The first-order valence-corrected chi connectivity index (χ1v) is 5.29. The van der Waals surface area contributed by atoms with E-state index in [4.69, 9.17) is 0 Å². The number of amides is 1. The Labute approximate surface area is 95.1 Å². The lowest BCUT2D eigenvalue weighted by atomic mass is 9.86. The number of fused-ring (bicyclic) bond motifs is 1. The monoisotopic (exact) mass is 217 g/mol. The van der Waals surface area contributed by atoms with Crippen LogP contribution in [-0.4, -0.2) is 18.7 Å². The van der Waals surface area contributed by atoms with E-state index in [1.54, 1.807) is 13.1 Å². The SMILES string of the molecule is CN1C(=O)C(=O)c2ccc(C(C)(C)C)cc21. The van der Waals surface area contributed by atoms with Crippen LogP contribution in [0.3, 0.4) is 0 Å². The third-order valence-corrected chi connectivity index (χ3v) is 2.97. The predicted molar refractivity (Wildman–Crippen MR) is 62.9 cm³/mol. The fraction of sp³-hybridized carbons (Fsp3) is 0.385. The maximum absolute atomic E-state index is 11.6. The van der Waals surface area contributed by atoms with Gasteiger partial charge in [-0.05, 0) is 23.1 Å². The Kier molecular flexibility index (Phi) is 2.15. The molecule has 1 aromatic rings. The van der Waals surface area contributed by atoms with Crippen molar-refractivity contribution in [1.29, 1.82) is 0 Å². The molecule has 0 saturated heterocycles. The zero-order chi connectivity index (χ0) is 12.1. The second-order valence-corrected chi connectivity index (χ2v) is 5.18. The van der Waals surface area contributed by atoms with Gasteiger partial charge in [0.25, 0.3) is 11.7 Å². The molecule has 16 heavy (non-hydrogen) atoms. The molecule has 0 spiro atoms. The van der Waals surface area contributed by atoms with E-state index in [1.165, 1.54) is 4.90 Å². The second kappa shape index (κ2) is 3.17. The van der Waals surface area contributed by atoms with Gasteiger partial charge in [0.05, 0.1) is 11.3 Å². The molecule has 1 amide bonds. The molecule has 0 aliphatic carbocycles. The number of Topliss-reactive ketones (excluding diaryl/α,β-unsaturated/α-hetero) is 1. The van der Waals surface area contributed by atoms with Gasteiger partial charge in [0.2, 0.25) is 0 Å². The van der Waals surface area contributed by atoms with Gasteiger partial charge in [-0.3, -0.25) is 9.59 Å². The molecule has 0 atom stereocenters. The van der Waals surface area contributed by atoms with Crippen molar-refractivity contribution in [1.82, 2.24) is 0 Å². The number of carbonyl (C=O) groups excluding carboxylic acids is 2. The van der Waals surface area contributed by atoms with Gasteiger partial charge in [-0.25, -0.2) is 0 Å². The predicted octanol–water partition coefficient (Wildman–Crippen LogP) is 2.14. The van der Waals surface area contributed by atoms with Crippen molar-refractivity contribution < 1.29 is 9.59 Å². The average Bonchev–Trinajstić information content (AvgIpc) is 2.43. The van der Waals surface area contributed by atoms with Gasteiger partial charge in [-0.2, -0.15) is 0 Å². The Hall–Kier alpha value is -1.64. The van der Waals surface area contributed by atoms with Gasteiger partial charge in [0.1, 0.15) is 0 Å². The third kappa shape index (κ3) is 1.43. The van der Waals surface area contributed by atoms with Crippen LogP contribution in [0.5, 0.6) is 0 Å². The van der Waals surface area contributed by atoms with E-state index in [0.29, 0.717) is 5.56 Å². The van der Waals surface area contributed by atoms with Gasteiger partial charge in [-0.15, -0.1) is 0 Å². The van der Waals surface area contributed by atoms with Crippen molar-refractivity contribution in [2.24, 2.45) is 0 Å². The Bertz CT molecular complexity index is 483. The lowest BCUT2D eigenvalue weighted by Gasteiger charge is -2.20. The van der Waals surface area contributed by atoms with Crippen LogP contribution in [0.15, 0.2) is 18.2 Å². The molecule has 3 nitrogen and oxygen atoms in total.